The Morgan fingerprint density at radius 1 is 1.11 bits per heavy atom. The van der Waals surface area contributed by atoms with Gasteiger partial charge in [0, 0.05) is 27.7 Å². The van der Waals surface area contributed by atoms with E-state index in [4.69, 9.17) is 39.5 Å². The van der Waals surface area contributed by atoms with Crippen LogP contribution in [0.3, 0.4) is 0 Å². The van der Waals surface area contributed by atoms with Crippen LogP contribution in [-0.2, 0) is 21.2 Å². The van der Waals surface area contributed by atoms with E-state index < -0.39 is 15.9 Å². The molecule has 1 aliphatic heterocycles. The number of nitrogens with zero attached hydrogens (tertiary/aromatic N) is 1. The summed E-state index contributed by atoms with van der Waals surface area (Å²) >= 11 is 18.1. The van der Waals surface area contributed by atoms with Crippen molar-refractivity contribution in [2.45, 2.75) is 19.0 Å². The number of hydrogen-bond acceptors (Lipinski definition) is 4. The van der Waals surface area contributed by atoms with Gasteiger partial charge in [0.1, 0.15) is 5.75 Å². The van der Waals surface area contributed by atoms with Crippen molar-refractivity contribution in [1.29, 1.82) is 0 Å². The molecule has 2 aromatic carbocycles. The van der Waals surface area contributed by atoms with Gasteiger partial charge >= 0.3 is 0 Å². The van der Waals surface area contributed by atoms with Crippen LogP contribution in [0.4, 0.5) is 0 Å². The second-order valence-corrected chi connectivity index (χ2v) is 10.1. The summed E-state index contributed by atoms with van der Waals surface area (Å²) in [6.07, 6.45) is 0.385. The Hall–Kier alpha value is -1.47. The lowest BCUT2D eigenvalue weighted by atomic mass is 10.1. The van der Waals surface area contributed by atoms with Gasteiger partial charge in [0.05, 0.1) is 11.5 Å². The third-order valence-electron chi connectivity index (χ3n) is 4.48. The Balaban J connectivity index is 1.78. The highest BCUT2D eigenvalue weighted by Crippen LogP contribution is 2.26. The van der Waals surface area contributed by atoms with E-state index in [-0.39, 0.29) is 30.6 Å². The average Bonchev–Trinajstić information content (AvgIpc) is 2.98. The van der Waals surface area contributed by atoms with E-state index in [2.05, 4.69) is 0 Å². The van der Waals surface area contributed by atoms with E-state index in [0.717, 1.165) is 0 Å². The normalized spacial score (nSPS) is 18.0. The molecule has 5 nitrogen and oxygen atoms in total. The predicted molar refractivity (Wildman–Crippen MR) is 111 cm³/mol. The van der Waals surface area contributed by atoms with E-state index in [9.17, 15) is 13.2 Å². The lowest BCUT2D eigenvalue weighted by Gasteiger charge is -2.29. The van der Waals surface area contributed by atoms with Gasteiger partial charge in [-0.25, -0.2) is 8.42 Å². The fraction of sp³-hybridized carbons (Fsp3) is 0.316. The monoisotopic (exact) mass is 461 g/mol. The summed E-state index contributed by atoms with van der Waals surface area (Å²) in [5.74, 6) is 0.129. The fourth-order valence-corrected chi connectivity index (χ4v) is 5.44. The summed E-state index contributed by atoms with van der Waals surface area (Å²) in [6, 6.07) is 11.3. The number of ether oxygens (including phenoxy) is 1. The van der Waals surface area contributed by atoms with E-state index in [0.29, 0.717) is 32.8 Å². The van der Waals surface area contributed by atoms with Crippen molar-refractivity contribution in [2.24, 2.45) is 0 Å². The minimum absolute atomic E-state index is 0.0605. The summed E-state index contributed by atoms with van der Waals surface area (Å²) in [4.78, 5) is 14.4. The summed E-state index contributed by atoms with van der Waals surface area (Å²) in [7, 11) is -3.16. The van der Waals surface area contributed by atoms with Gasteiger partial charge in [-0.05, 0) is 42.3 Å². The molecule has 0 spiro atoms. The van der Waals surface area contributed by atoms with Crippen LogP contribution in [0, 0.1) is 0 Å². The molecule has 1 aliphatic rings. The standard InChI is InChI=1S/C19H18Cl3NO4S/c20-14-2-1-3-17(8-14)27-11-19(24)23(16-6-7-28(25,26)12-16)10-13-4-5-15(21)9-18(13)22/h1-5,8-9,16H,6-7,10-12H2. The van der Waals surface area contributed by atoms with Gasteiger partial charge in [-0.15, -0.1) is 0 Å². The summed E-state index contributed by atoms with van der Waals surface area (Å²) < 4.78 is 29.4. The fourth-order valence-electron chi connectivity index (χ4n) is 3.06. The maximum absolute atomic E-state index is 12.9. The first kappa shape index (κ1) is 21.2. The van der Waals surface area contributed by atoms with Crippen molar-refractivity contribution in [3.05, 3.63) is 63.1 Å². The average molecular weight is 463 g/mol. The van der Waals surface area contributed by atoms with Crippen LogP contribution in [0.5, 0.6) is 5.75 Å². The zero-order valence-corrected chi connectivity index (χ0v) is 17.9. The van der Waals surface area contributed by atoms with Gasteiger partial charge in [0.15, 0.2) is 16.4 Å². The van der Waals surface area contributed by atoms with Crippen LogP contribution in [0.2, 0.25) is 15.1 Å². The Labute approximate surface area is 179 Å². The molecule has 1 heterocycles. The van der Waals surface area contributed by atoms with Gasteiger partial charge < -0.3 is 9.64 Å². The van der Waals surface area contributed by atoms with Crippen molar-refractivity contribution in [3.8, 4) is 5.75 Å². The van der Waals surface area contributed by atoms with Crippen LogP contribution >= 0.6 is 34.8 Å². The smallest absolute Gasteiger partial charge is 0.261 e. The Bertz CT molecular complexity index is 981. The molecular formula is C19H18Cl3NO4S. The van der Waals surface area contributed by atoms with Gasteiger partial charge in [-0.2, -0.15) is 0 Å². The molecular weight excluding hydrogens is 445 g/mol. The molecule has 0 aromatic heterocycles. The number of sulfone groups is 1. The summed E-state index contributed by atoms with van der Waals surface area (Å²) in [5, 5.41) is 1.40. The van der Waals surface area contributed by atoms with Crippen LogP contribution in [0.25, 0.3) is 0 Å². The molecule has 0 N–H and O–H groups in total. The second kappa shape index (κ2) is 8.91. The summed E-state index contributed by atoms with van der Waals surface area (Å²) in [6.45, 7) is -0.0595. The first-order valence-electron chi connectivity index (χ1n) is 8.56. The molecule has 1 fully saturated rings. The van der Waals surface area contributed by atoms with Crippen LogP contribution < -0.4 is 4.74 Å². The van der Waals surface area contributed by atoms with Gasteiger partial charge in [-0.3, -0.25) is 4.79 Å². The number of carbonyl (C=O) groups excluding carboxylic acids is 1. The van der Waals surface area contributed by atoms with Crippen LogP contribution in [0.1, 0.15) is 12.0 Å². The van der Waals surface area contributed by atoms with Crippen molar-refractivity contribution >= 4 is 50.5 Å². The number of carbonyl (C=O) groups is 1. The maximum atomic E-state index is 12.9. The van der Waals surface area contributed by atoms with Gasteiger partial charge in [0.25, 0.3) is 5.91 Å². The number of rotatable bonds is 6. The molecule has 28 heavy (non-hydrogen) atoms. The maximum Gasteiger partial charge on any atom is 0.261 e. The molecule has 0 aliphatic carbocycles. The lowest BCUT2D eigenvalue weighted by Crippen LogP contribution is -2.43. The van der Waals surface area contributed by atoms with E-state index in [1.54, 1.807) is 42.5 Å². The molecule has 3 rings (SSSR count). The SMILES string of the molecule is O=C(COc1cccc(Cl)c1)N(Cc1ccc(Cl)cc1Cl)C1CCS(=O)(=O)C1. The van der Waals surface area contributed by atoms with Crippen molar-refractivity contribution in [1.82, 2.24) is 4.90 Å². The minimum atomic E-state index is -3.16. The molecule has 0 radical (unpaired) electrons. The highest BCUT2D eigenvalue weighted by molar-refractivity contribution is 7.91. The third kappa shape index (κ3) is 5.54. The Kier molecular flexibility index (Phi) is 6.76. The number of halogens is 3. The first-order chi connectivity index (χ1) is 13.2. The molecule has 1 amide bonds. The number of amides is 1. The predicted octanol–water partition coefficient (Wildman–Crippen LogP) is 4.24. The Morgan fingerprint density at radius 2 is 1.86 bits per heavy atom. The highest BCUT2D eigenvalue weighted by atomic mass is 35.5. The van der Waals surface area contributed by atoms with Crippen LogP contribution in [-0.4, -0.2) is 43.4 Å². The van der Waals surface area contributed by atoms with E-state index in [1.807, 2.05) is 0 Å². The molecule has 2 aromatic rings. The minimum Gasteiger partial charge on any atom is -0.484 e. The quantitative estimate of drug-likeness (QED) is 0.644. The Morgan fingerprint density at radius 3 is 2.50 bits per heavy atom. The molecule has 0 bridgehead atoms. The topological polar surface area (TPSA) is 63.7 Å². The van der Waals surface area contributed by atoms with E-state index in [1.165, 1.54) is 4.90 Å². The van der Waals surface area contributed by atoms with Crippen molar-refractivity contribution < 1.29 is 17.9 Å². The third-order valence-corrected chi connectivity index (χ3v) is 7.06. The molecule has 1 unspecified atom stereocenters. The molecule has 0 saturated carbocycles. The number of benzene rings is 2. The second-order valence-electron chi connectivity index (χ2n) is 6.56. The van der Waals surface area contributed by atoms with E-state index >= 15 is 0 Å². The van der Waals surface area contributed by atoms with Crippen LogP contribution in [0.15, 0.2) is 42.5 Å². The molecule has 1 saturated heterocycles. The molecule has 1 atom stereocenters. The van der Waals surface area contributed by atoms with Gasteiger partial charge in [-0.1, -0.05) is 46.9 Å². The molecule has 150 valence electrons. The van der Waals surface area contributed by atoms with Crippen molar-refractivity contribution in [3.63, 3.8) is 0 Å². The largest absolute Gasteiger partial charge is 0.484 e. The number of hydrogen-bond donors (Lipinski definition) is 0. The van der Waals surface area contributed by atoms with Gasteiger partial charge in [0.2, 0.25) is 0 Å². The zero-order chi connectivity index (χ0) is 20.3. The summed E-state index contributed by atoms with van der Waals surface area (Å²) in [5.41, 5.74) is 0.687. The molecule has 9 heteroatoms. The highest BCUT2D eigenvalue weighted by Gasteiger charge is 2.35. The zero-order valence-electron chi connectivity index (χ0n) is 14.8. The first-order valence-corrected chi connectivity index (χ1v) is 11.5. The van der Waals surface area contributed by atoms with Crippen molar-refractivity contribution in [2.75, 3.05) is 18.1 Å². The lowest BCUT2D eigenvalue weighted by molar-refractivity contribution is -0.136.